The number of ether oxygens (including phenoxy) is 1. The molecule has 0 saturated carbocycles. The molecule has 0 saturated heterocycles. The van der Waals surface area contributed by atoms with Crippen molar-refractivity contribution in [3.05, 3.63) is 66.2 Å². The number of methoxy groups -OCH3 is 1. The summed E-state index contributed by atoms with van der Waals surface area (Å²) in [5.74, 6) is 1.61. The summed E-state index contributed by atoms with van der Waals surface area (Å²) in [6, 6.07) is 14.7. The third-order valence-electron chi connectivity index (χ3n) is 4.87. The van der Waals surface area contributed by atoms with Gasteiger partial charge in [-0.15, -0.1) is 10.2 Å². The highest BCUT2D eigenvalue weighted by Gasteiger charge is 2.23. The normalized spacial score (nSPS) is 12.3. The number of fused-ring (bicyclic) bond motifs is 1. The van der Waals surface area contributed by atoms with Crippen molar-refractivity contribution in [3.8, 4) is 17.0 Å². The van der Waals surface area contributed by atoms with E-state index in [1.807, 2.05) is 53.1 Å². The van der Waals surface area contributed by atoms with Crippen molar-refractivity contribution in [2.45, 2.75) is 26.3 Å². The third-order valence-corrected chi connectivity index (χ3v) is 4.87. The second kappa shape index (κ2) is 8.36. The smallest absolute Gasteiger partial charge is 0.269 e. The molecule has 1 aromatic carbocycles. The summed E-state index contributed by atoms with van der Waals surface area (Å²) in [6.45, 7) is 4.22. The van der Waals surface area contributed by atoms with Crippen LogP contribution < -0.4 is 10.1 Å². The second-order valence-corrected chi connectivity index (χ2v) is 7.54. The highest BCUT2D eigenvalue weighted by molar-refractivity contribution is 5.93. The van der Waals surface area contributed by atoms with Gasteiger partial charge in [-0.25, -0.2) is 0 Å². The Labute approximate surface area is 174 Å². The van der Waals surface area contributed by atoms with Gasteiger partial charge in [0.15, 0.2) is 11.5 Å². The van der Waals surface area contributed by atoms with E-state index in [1.165, 1.54) is 0 Å². The molecule has 0 aliphatic carbocycles. The van der Waals surface area contributed by atoms with E-state index in [9.17, 15) is 4.79 Å². The highest BCUT2D eigenvalue weighted by atomic mass is 16.5. The van der Waals surface area contributed by atoms with E-state index in [2.05, 4.69) is 39.6 Å². The van der Waals surface area contributed by atoms with Crippen LogP contribution in [0.1, 0.15) is 42.6 Å². The summed E-state index contributed by atoms with van der Waals surface area (Å²) in [7, 11) is 1.62. The molecule has 30 heavy (non-hydrogen) atoms. The number of benzene rings is 1. The number of carbonyl (C=O) groups is 1. The van der Waals surface area contributed by atoms with E-state index in [-0.39, 0.29) is 11.9 Å². The van der Waals surface area contributed by atoms with Crippen LogP contribution in [0.4, 0.5) is 0 Å². The largest absolute Gasteiger partial charge is 0.497 e. The molecule has 0 bridgehead atoms. The van der Waals surface area contributed by atoms with Gasteiger partial charge in [-0.2, -0.15) is 5.10 Å². The van der Waals surface area contributed by atoms with Crippen molar-refractivity contribution in [1.82, 2.24) is 30.1 Å². The van der Waals surface area contributed by atoms with E-state index in [4.69, 9.17) is 4.74 Å². The summed E-state index contributed by atoms with van der Waals surface area (Å²) >= 11 is 0. The maximum absolute atomic E-state index is 13.0. The topological polar surface area (TPSA) is 97.2 Å². The van der Waals surface area contributed by atoms with Crippen LogP contribution in [0.5, 0.6) is 5.75 Å². The van der Waals surface area contributed by atoms with Gasteiger partial charge in [-0.05, 0) is 54.8 Å². The van der Waals surface area contributed by atoms with E-state index in [0.29, 0.717) is 23.1 Å². The van der Waals surface area contributed by atoms with Gasteiger partial charge in [0.2, 0.25) is 0 Å². The Morgan fingerprint density at radius 1 is 1.17 bits per heavy atom. The summed E-state index contributed by atoms with van der Waals surface area (Å²) in [4.78, 5) is 13.0. The van der Waals surface area contributed by atoms with Crippen molar-refractivity contribution in [3.63, 3.8) is 0 Å². The van der Waals surface area contributed by atoms with Gasteiger partial charge in [0.25, 0.3) is 5.91 Å². The summed E-state index contributed by atoms with van der Waals surface area (Å²) < 4.78 is 7.09. The first-order valence-corrected chi connectivity index (χ1v) is 9.85. The molecule has 2 N–H and O–H groups in total. The van der Waals surface area contributed by atoms with E-state index in [1.54, 1.807) is 13.2 Å². The summed E-state index contributed by atoms with van der Waals surface area (Å²) in [5, 5.41) is 18.8. The number of rotatable bonds is 7. The number of nitrogens with one attached hydrogen (secondary N) is 2. The average Bonchev–Trinajstić information content (AvgIpc) is 3.41. The van der Waals surface area contributed by atoms with E-state index in [0.717, 1.165) is 23.4 Å². The van der Waals surface area contributed by atoms with Crippen LogP contribution in [0.15, 0.2) is 54.7 Å². The molecule has 1 unspecified atom stereocenters. The zero-order valence-electron chi connectivity index (χ0n) is 17.2. The molecule has 0 radical (unpaired) electrons. The Morgan fingerprint density at radius 2 is 1.97 bits per heavy atom. The maximum Gasteiger partial charge on any atom is 0.269 e. The Kier molecular flexibility index (Phi) is 5.47. The van der Waals surface area contributed by atoms with E-state index >= 15 is 0 Å². The molecule has 0 fully saturated rings. The van der Waals surface area contributed by atoms with Crippen LogP contribution in [0.3, 0.4) is 0 Å². The molecule has 4 rings (SSSR count). The SMILES string of the molecule is COc1ccc(-c2cc(C(=O)NC(CC(C)C)c3nnc4ccccn34)[nH]n2)cc1. The third kappa shape index (κ3) is 4.03. The number of pyridine rings is 1. The predicted octanol–water partition coefficient (Wildman–Crippen LogP) is 3.65. The van der Waals surface area contributed by atoms with Gasteiger partial charge in [-0.3, -0.25) is 14.3 Å². The average molecular weight is 404 g/mol. The number of hydrogen-bond acceptors (Lipinski definition) is 5. The van der Waals surface area contributed by atoms with Crippen molar-refractivity contribution < 1.29 is 9.53 Å². The lowest BCUT2D eigenvalue weighted by Crippen LogP contribution is -2.31. The Bertz CT molecular complexity index is 1150. The van der Waals surface area contributed by atoms with Gasteiger partial charge >= 0.3 is 0 Å². The molecule has 8 heteroatoms. The van der Waals surface area contributed by atoms with Gasteiger partial charge < -0.3 is 10.1 Å². The highest BCUT2D eigenvalue weighted by Crippen LogP contribution is 2.23. The molecular weight excluding hydrogens is 380 g/mol. The fourth-order valence-electron chi connectivity index (χ4n) is 3.38. The zero-order chi connectivity index (χ0) is 21.1. The lowest BCUT2D eigenvalue weighted by atomic mass is 10.0. The van der Waals surface area contributed by atoms with E-state index < -0.39 is 0 Å². The predicted molar refractivity (Wildman–Crippen MR) is 113 cm³/mol. The number of nitrogens with zero attached hydrogens (tertiary/aromatic N) is 4. The van der Waals surface area contributed by atoms with Crippen molar-refractivity contribution in [2.75, 3.05) is 7.11 Å². The number of hydrogen-bond donors (Lipinski definition) is 2. The minimum Gasteiger partial charge on any atom is -0.497 e. The molecule has 1 amide bonds. The van der Waals surface area contributed by atoms with Crippen molar-refractivity contribution in [2.24, 2.45) is 5.92 Å². The molecule has 154 valence electrons. The first-order chi connectivity index (χ1) is 14.5. The van der Waals surface area contributed by atoms with Crippen molar-refractivity contribution in [1.29, 1.82) is 0 Å². The fourth-order valence-corrected chi connectivity index (χ4v) is 3.38. The quantitative estimate of drug-likeness (QED) is 0.490. The lowest BCUT2D eigenvalue weighted by Gasteiger charge is -2.18. The molecular formula is C22H24N6O2. The van der Waals surface area contributed by atoms with Crippen LogP contribution in [0, 0.1) is 5.92 Å². The standard InChI is InChI=1S/C22H24N6O2/c1-14(2)12-18(21-27-26-20-6-4-5-11-28(20)21)23-22(29)19-13-17(24-25-19)15-7-9-16(30-3)10-8-15/h4-11,13-14,18H,12H2,1-3H3,(H,23,29)(H,24,25). The summed E-state index contributed by atoms with van der Waals surface area (Å²) in [5.41, 5.74) is 2.73. The molecule has 0 aliphatic heterocycles. The molecule has 3 heterocycles. The molecule has 8 nitrogen and oxygen atoms in total. The first-order valence-electron chi connectivity index (χ1n) is 9.85. The van der Waals surface area contributed by atoms with Gasteiger partial charge in [0.05, 0.1) is 18.8 Å². The minimum atomic E-state index is -0.275. The Balaban J connectivity index is 1.56. The first kappa shape index (κ1) is 19.6. The lowest BCUT2D eigenvalue weighted by molar-refractivity contribution is 0.0924. The van der Waals surface area contributed by atoms with Gasteiger partial charge in [0, 0.05) is 11.8 Å². The van der Waals surface area contributed by atoms with Gasteiger partial charge in [-0.1, -0.05) is 19.9 Å². The number of aromatic amines is 1. The monoisotopic (exact) mass is 404 g/mol. The van der Waals surface area contributed by atoms with Crippen LogP contribution >= 0.6 is 0 Å². The van der Waals surface area contributed by atoms with Crippen LogP contribution in [0.25, 0.3) is 16.9 Å². The number of amides is 1. The fraction of sp³-hybridized carbons (Fsp3) is 0.273. The molecule has 3 aromatic heterocycles. The Hall–Kier alpha value is -3.68. The molecule has 0 spiro atoms. The summed E-state index contributed by atoms with van der Waals surface area (Å²) in [6.07, 6.45) is 2.64. The van der Waals surface area contributed by atoms with Gasteiger partial charge in [0.1, 0.15) is 11.4 Å². The Morgan fingerprint density at radius 3 is 2.70 bits per heavy atom. The van der Waals surface area contributed by atoms with Crippen LogP contribution in [-0.4, -0.2) is 37.8 Å². The number of carbonyl (C=O) groups excluding carboxylic acids is 1. The number of aromatic nitrogens is 5. The van der Waals surface area contributed by atoms with Crippen molar-refractivity contribution >= 4 is 11.6 Å². The minimum absolute atomic E-state index is 0.236. The van der Waals surface area contributed by atoms with Crippen LogP contribution in [0.2, 0.25) is 0 Å². The molecule has 0 aliphatic rings. The molecule has 4 aromatic rings. The van der Waals surface area contributed by atoms with Crippen LogP contribution in [-0.2, 0) is 0 Å². The zero-order valence-corrected chi connectivity index (χ0v) is 17.2. The maximum atomic E-state index is 13.0. The second-order valence-electron chi connectivity index (χ2n) is 7.54. The molecule has 1 atom stereocenters. The number of H-pyrrole nitrogens is 1.